The highest BCUT2D eigenvalue weighted by Crippen LogP contribution is 2.13. The average Bonchev–Trinajstić information content (AvgIpc) is 3.27. The van der Waals surface area contributed by atoms with Gasteiger partial charge in [-0.05, 0) is 31.2 Å². The van der Waals surface area contributed by atoms with Crippen molar-refractivity contribution in [3.05, 3.63) is 64.5 Å². The Balaban J connectivity index is 1.58. The van der Waals surface area contributed by atoms with Crippen LogP contribution in [-0.4, -0.2) is 28.1 Å². The summed E-state index contributed by atoms with van der Waals surface area (Å²) in [5, 5.41) is 13.4. The van der Waals surface area contributed by atoms with Crippen LogP contribution in [-0.2, 0) is 6.42 Å². The Hall–Kier alpha value is -3.00. The maximum atomic E-state index is 12.2. The van der Waals surface area contributed by atoms with Crippen LogP contribution in [0.15, 0.2) is 53.1 Å². The first-order valence-electron chi connectivity index (χ1n) is 7.65. The van der Waals surface area contributed by atoms with Crippen LogP contribution < -0.4 is 10.6 Å². The molecule has 2 amide bonds. The molecule has 0 bridgehead atoms. The Kier molecular flexibility index (Phi) is 5.20. The van der Waals surface area contributed by atoms with Gasteiger partial charge in [0.05, 0.1) is 6.26 Å². The fourth-order valence-corrected chi connectivity index (χ4v) is 2.82. The number of aromatic nitrogens is 2. The second-order valence-corrected chi connectivity index (χ2v) is 6.37. The molecule has 0 fully saturated rings. The highest BCUT2D eigenvalue weighted by molar-refractivity contribution is 7.15. The molecule has 1 aromatic carbocycles. The van der Waals surface area contributed by atoms with E-state index in [1.807, 2.05) is 31.2 Å². The molecule has 0 aliphatic carbocycles. The Bertz CT molecular complexity index is 846. The zero-order chi connectivity index (χ0) is 17.6. The van der Waals surface area contributed by atoms with Gasteiger partial charge in [0.1, 0.15) is 5.76 Å². The summed E-state index contributed by atoms with van der Waals surface area (Å²) < 4.78 is 5.25. The molecular formula is C17H16N4O3S. The van der Waals surface area contributed by atoms with E-state index in [0.717, 1.165) is 17.1 Å². The first-order valence-corrected chi connectivity index (χ1v) is 8.46. The van der Waals surface area contributed by atoms with Gasteiger partial charge in [-0.15, -0.1) is 10.2 Å². The van der Waals surface area contributed by atoms with Crippen molar-refractivity contribution in [3.8, 4) is 0 Å². The molecule has 1 atom stereocenters. The number of amides is 2. The molecule has 0 spiro atoms. The molecule has 7 nitrogen and oxygen atoms in total. The van der Waals surface area contributed by atoms with Crippen LogP contribution in [0, 0.1) is 0 Å². The number of rotatable bonds is 6. The van der Waals surface area contributed by atoms with E-state index in [0.29, 0.717) is 12.1 Å². The third-order valence-corrected chi connectivity index (χ3v) is 4.23. The number of nitrogens with zero attached hydrogens (tertiary/aromatic N) is 2. The van der Waals surface area contributed by atoms with Crippen LogP contribution in [0.1, 0.15) is 32.3 Å². The SMILES string of the molecule is CC(Cc1ccco1)NC(=O)c1nnc(C(=O)Nc2ccccc2)s1. The molecule has 2 N–H and O–H groups in total. The fraction of sp³-hybridized carbons (Fsp3) is 0.176. The van der Waals surface area contributed by atoms with E-state index in [1.54, 1.807) is 24.5 Å². The van der Waals surface area contributed by atoms with Crippen LogP contribution in [0.3, 0.4) is 0 Å². The minimum atomic E-state index is -0.397. The fourth-order valence-electron chi connectivity index (χ4n) is 2.18. The van der Waals surface area contributed by atoms with Gasteiger partial charge >= 0.3 is 0 Å². The molecule has 8 heteroatoms. The van der Waals surface area contributed by atoms with Gasteiger partial charge in [0.2, 0.25) is 10.0 Å². The Morgan fingerprint density at radius 1 is 1.08 bits per heavy atom. The highest BCUT2D eigenvalue weighted by atomic mass is 32.1. The van der Waals surface area contributed by atoms with Crippen molar-refractivity contribution >= 4 is 28.8 Å². The van der Waals surface area contributed by atoms with Crippen LogP contribution >= 0.6 is 11.3 Å². The minimum absolute atomic E-state index is 0.132. The van der Waals surface area contributed by atoms with E-state index in [4.69, 9.17) is 4.42 Å². The van der Waals surface area contributed by atoms with Gasteiger partial charge in [-0.2, -0.15) is 0 Å². The lowest BCUT2D eigenvalue weighted by Gasteiger charge is -2.10. The van der Waals surface area contributed by atoms with Crippen LogP contribution in [0.5, 0.6) is 0 Å². The summed E-state index contributed by atoms with van der Waals surface area (Å²) in [7, 11) is 0. The number of benzene rings is 1. The number of carbonyl (C=O) groups is 2. The predicted octanol–water partition coefficient (Wildman–Crippen LogP) is 2.74. The molecule has 0 radical (unpaired) electrons. The molecule has 0 saturated carbocycles. The molecule has 128 valence electrons. The number of hydrogen-bond acceptors (Lipinski definition) is 6. The second-order valence-electron chi connectivity index (χ2n) is 5.39. The number of carbonyl (C=O) groups excluding carboxylic acids is 2. The second kappa shape index (κ2) is 7.71. The average molecular weight is 356 g/mol. The van der Waals surface area contributed by atoms with E-state index in [1.165, 1.54) is 0 Å². The van der Waals surface area contributed by atoms with E-state index in [2.05, 4.69) is 20.8 Å². The van der Waals surface area contributed by atoms with E-state index in [-0.39, 0.29) is 22.0 Å². The van der Waals surface area contributed by atoms with Gasteiger partial charge in [-0.25, -0.2) is 0 Å². The number of hydrogen-bond donors (Lipinski definition) is 2. The molecule has 3 aromatic rings. The summed E-state index contributed by atoms with van der Waals surface area (Å²) >= 11 is 0.949. The van der Waals surface area contributed by atoms with Crippen molar-refractivity contribution in [2.45, 2.75) is 19.4 Å². The smallest absolute Gasteiger partial charge is 0.286 e. The largest absolute Gasteiger partial charge is 0.469 e. The van der Waals surface area contributed by atoms with Crippen molar-refractivity contribution < 1.29 is 14.0 Å². The maximum Gasteiger partial charge on any atom is 0.286 e. The summed E-state index contributed by atoms with van der Waals surface area (Å²) in [6.45, 7) is 1.87. The molecule has 0 saturated heterocycles. The zero-order valence-electron chi connectivity index (χ0n) is 13.4. The summed E-state index contributed by atoms with van der Waals surface area (Å²) in [5.41, 5.74) is 0.653. The molecule has 2 aromatic heterocycles. The predicted molar refractivity (Wildman–Crippen MR) is 93.6 cm³/mol. The standard InChI is InChI=1S/C17H16N4O3S/c1-11(10-13-8-5-9-24-13)18-14(22)16-20-21-17(25-16)15(23)19-12-6-3-2-4-7-12/h2-9,11H,10H2,1H3,(H,18,22)(H,19,23). The summed E-state index contributed by atoms with van der Waals surface area (Å²) in [6.07, 6.45) is 2.16. The zero-order valence-corrected chi connectivity index (χ0v) is 14.2. The van der Waals surface area contributed by atoms with Gasteiger partial charge in [0, 0.05) is 18.2 Å². The molecular weight excluding hydrogens is 340 g/mol. The molecule has 25 heavy (non-hydrogen) atoms. The topological polar surface area (TPSA) is 97.1 Å². The van der Waals surface area contributed by atoms with Crippen molar-refractivity contribution in [1.29, 1.82) is 0 Å². The van der Waals surface area contributed by atoms with Crippen molar-refractivity contribution in [2.75, 3.05) is 5.32 Å². The maximum absolute atomic E-state index is 12.2. The lowest BCUT2D eigenvalue weighted by molar-refractivity contribution is 0.0937. The van der Waals surface area contributed by atoms with E-state index < -0.39 is 5.91 Å². The molecule has 2 heterocycles. The summed E-state index contributed by atoms with van der Waals surface area (Å²) in [4.78, 5) is 24.3. The number of nitrogens with one attached hydrogen (secondary N) is 2. The van der Waals surface area contributed by atoms with Gasteiger partial charge in [0.25, 0.3) is 11.8 Å². The van der Waals surface area contributed by atoms with Gasteiger partial charge in [-0.1, -0.05) is 29.5 Å². The van der Waals surface area contributed by atoms with Crippen LogP contribution in [0.4, 0.5) is 5.69 Å². The number of anilines is 1. The van der Waals surface area contributed by atoms with Gasteiger partial charge in [0.15, 0.2) is 0 Å². The monoisotopic (exact) mass is 356 g/mol. The lowest BCUT2D eigenvalue weighted by atomic mass is 10.2. The molecule has 0 aliphatic heterocycles. The normalized spacial score (nSPS) is 11.7. The van der Waals surface area contributed by atoms with Crippen LogP contribution in [0.25, 0.3) is 0 Å². The third-order valence-electron chi connectivity index (χ3n) is 3.31. The number of para-hydroxylation sites is 1. The van der Waals surface area contributed by atoms with Crippen LogP contribution in [0.2, 0.25) is 0 Å². The Morgan fingerprint density at radius 3 is 2.48 bits per heavy atom. The summed E-state index contributed by atoms with van der Waals surface area (Å²) in [5.74, 6) is 0.0229. The lowest BCUT2D eigenvalue weighted by Crippen LogP contribution is -2.33. The third kappa shape index (κ3) is 4.51. The van der Waals surface area contributed by atoms with Gasteiger partial charge in [-0.3, -0.25) is 9.59 Å². The van der Waals surface area contributed by atoms with Gasteiger partial charge < -0.3 is 15.1 Å². The molecule has 1 unspecified atom stereocenters. The van der Waals surface area contributed by atoms with Crippen molar-refractivity contribution in [1.82, 2.24) is 15.5 Å². The van der Waals surface area contributed by atoms with Crippen molar-refractivity contribution in [3.63, 3.8) is 0 Å². The number of furan rings is 1. The van der Waals surface area contributed by atoms with E-state index >= 15 is 0 Å². The Labute approximate surface area is 148 Å². The van der Waals surface area contributed by atoms with Crippen molar-refractivity contribution in [2.24, 2.45) is 0 Å². The molecule has 0 aliphatic rings. The summed E-state index contributed by atoms with van der Waals surface area (Å²) in [6, 6.07) is 12.5. The minimum Gasteiger partial charge on any atom is -0.469 e. The quantitative estimate of drug-likeness (QED) is 0.708. The Morgan fingerprint density at radius 2 is 1.80 bits per heavy atom. The first-order chi connectivity index (χ1) is 12.1. The molecule has 3 rings (SSSR count). The van der Waals surface area contributed by atoms with E-state index in [9.17, 15) is 9.59 Å². The highest BCUT2D eigenvalue weighted by Gasteiger charge is 2.19. The first kappa shape index (κ1) is 16.8.